The molecule has 4 atom stereocenters. The van der Waals surface area contributed by atoms with Crippen molar-refractivity contribution in [1.29, 1.82) is 0 Å². The first kappa shape index (κ1) is 16.3. The van der Waals surface area contributed by atoms with Gasteiger partial charge in [0.15, 0.2) is 0 Å². The fraction of sp³-hybridized carbons (Fsp3) is 0.875. The van der Waals surface area contributed by atoms with Crippen LogP contribution >= 0.6 is 0 Å². The van der Waals surface area contributed by atoms with Gasteiger partial charge in [0.05, 0.1) is 0 Å². The van der Waals surface area contributed by atoms with E-state index in [-0.39, 0.29) is 35.2 Å². The Morgan fingerprint density at radius 3 is 2.71 bits per heavy atom. The molecule has 2 aliphatic rings. The molecule has 5 heteroatoms. The maximum atomic E-state index is 13.0. The maximum Gasteiger partial charge on any atom is 0.242 e. The minimum Gasteiger partial charge on any atom is -0.353 e. The number of hydrogen-bond donors (Lipinski definition) is 2. The van der Waals surface area contributed by atoms with Crippen LogP contribution in [-0.2, 0) is 9.59 Å². The topological polar surface area (TPSA) is 75.4 Å². The van der Waals surface area contributed by atoms with Crippen LogP contribution in [0, 0.1) is 17.3 Å². The highest BCUT2D eigenvalue weighted by atomic mass is 16.2. The Morgan fingerprint density at radius 1 is 1.43 bits per heavy atom. The van der Waals surface area contributed by atoms with E-state index >= 15 is 0 Å². The quantitative estimate of drug-likeness (QED) is 0.801. The van der Waals surface area contributed by atoms with E-state index in [4.69, 9.17) is 5.73 Å². The molecular weight excluding hydrogens is 266 g/mol. The Morgan fingerprint density at radius 2 is 2.10 bits per heavy atom. The number of amides is 2. The monoisotopic (exact) mass is 295 g/mol. The van der Waals surface area contributed by atoms with Gasteiger partial charge in [0, 0.05) is 25.0 Å². The molecule has 5 nitrogen and oxygen atoms in total. The molecule has 1 saturated heterocycles. The summed E-state index contributed by atoms with van der Waals surface area (Å²) in [6, 6.07) is -0.149. The molecule has 1 saturated carbocycles. The summed E-state index contributed by atoms with van der Waals surface area (Å²) in [5.41, 5.74) is 6.06. The van der Waals surface area contributed by atoms with Gasteiger partial charge < -0.3 is 16.0 Å². The molecule has 1 aliphatic carbocycles. The normalized spacial score (nSPS) is 36.2. The lowest BCUT2D eigenvalue weighted by molar-refractivity contribution is -0.152. The average molecular weight is 295 g/mol. The maximum absolute atomic E-state index is 13.0. The fourth-order valence-corrected chi connectivity index (χ4v) is 3.88. The van der Waals surface area contributed by atoms with Gasteiger partial charge in [-0.1, -0.05) is 27.7 Å². The van der Waals surface area contributed by atoms with E-state index in [1.165, 1.54) is 0 Å². The molecule has 0 aromatic carbocycles. The van der Waals surface area contributed by atoms with Gasteiger partial charge >= 0.3 is 0 Å². The number of nitrogens with zero attached hydrogens (tertiary/aromatic N) is 1. The van der Waals surface area contributed by atoms with E-state index in [1.54, 1.807) is 4.90 Å². The van der Waals surface area contributed by atoms with E-state index in [0.717, 1.165) is 12.8 Å². The van der Waals surface area contributed by atoms with Crippen LogP contribution in [0.5, 0.6) is 0 Å². The second kappa shape index (κ2) is 5.95. The number of carbonyl (C=O) groups is 2. The van der Waals surface area contributed by atoms with Crippen LogP contribution in [0.3, 0.4) is 0 Å². The molecule has 0 radical (unpaired) electrons. The van der Waals surface area contributed by atoms with Crippen molar-refractivity contribution in [2.24, 2.45) is 23.0 Å². The Bertz CT molecular complexity index is 422. The van der Waals surface area contributed by atoms with Gasteiger partial charge in [0.25, 0.3) is 0 Å². The summed E-state index contributed by atoms with van der Waals surface area (Å²) in [6.07, 6.45) is 2.38. The zero-order valence-corrected chi connectivity index (χ0v) is 13.7. The first-order valence-electron chi connectivity index (χ1n) is 8.14. The molecule has 21 heavy (non-hydrogen) atoms. The number of carbonyl (C=O) groups excluding carboxylic acids is 2. The molecule has 4 unspecified atom stereocenters. The molecule has 3 N–H and O–H groups in total. The molecule has 1 aliphatic heterocycles. The molecule has 0 aromatic rings. The molecule has 2 rings (SSSR count). The lowest BCUT2D eigenvalue weighted by atomic mass is 9.60. The minimum absolute atomic E-state index is 0.0181. The van der Waals surface area contributed by atoms with Crippen molar-refractivity contribution in [2.45, 2.75) is 59.0 Å². The fourth-order valence-electron chi connectivity index (χ4n) is 3.88. The Kier molecular flexibility index (Phi) is 4.61. The molecule has 0 bridgehead atoms. The second-order valence-corrected chi connectivity index (χ2v) is 7.15. The molecule has 0 aromatic heterocycles. The van der Waals surface area contributed by atoms with Crippen molar-refractivity contribution >= 4 is 11.8 Å². The third-order valence-electron chi connectivity index (χ3n) is 5.80. The highest BCUT2D eigenvalue weighted by molar-refractivity contribution is 5.90. The smallest absolute Gasteiger partial charge is 0.242 e. The van der Waals surface area contributed by atoms with Crippen molar-refractivity contribution in [1.82, 2.24) is 10.2 Å². The first-order chi connectivity index (χ1) is 9.80. The lowest BCUT2D eigenvalue weighted by Crippen LogP contribution is -2.60. The van der Waals surface area contributed by atoms with Gasteiger partial charge in [-0.2, -0.15) is 0 Å². The predicted molar refractivity (Wildman–Crippen MR) is 82.4 cm³/mol. The zero-order valence-electron chi connectivity index (χ0n) is 13.7. The van der Waals surface area contributed by atoms with Gasteiger partial charge in [-0.25, -0.2) is 0 Å². The Labute approximate surface area is 127 Å². The van der Waals surface area contributed by atoms with Crippen molar-refractivity contribution in [2.75, 3.05) is 13.1 Å². The molecular formula is C16H29N3O2. The summed E-state index contributed by atoms with van der Waals surface area (Å²) in [4.78, 5) is 26.8. The third-order valence-corrected chi connectivity index (χ3v) is 5.80. The summed E-state index contributed by atoms with van der Waals surface area (Å²) in [6.45, 7) is 9.57. The molecule has 2 fully saturated rings. The van der Waals surface area contributed by atoms with Gasteiger partial charge in [-0.15, -0.1) is 0 Å². The summed E-state index contributed by atoms with van der Waals surface area (Å²) in [5.74, 6) is 0.391. The highest BCUT2D eigenvalue weighted by Crippen LogP contribution is 2.45. The van der Waals surface area contributed by atoms with Crippen LogP contribution in [0.15, 0.2) is 0 Å². The van der Waals surface area contributed by atoms with Crippen LogP contribution < -0.4 is 11.1 Å². The molecule has 0 spiro atoms. The summed E-state index contributed by atoms with van der Waals surface area (Å²) in [7, 11) is 0. The second-order valence-electron chi connectivity index (χ2n) is 7.15. The lowest BCUT2D eigenvalue weighted by Gasteiger charge is -2.48. The summed E-state index contributed by atoms with van der Waals surface area (Å²) < 4.78 is 0. The van der Waals surface area contributed by atoms with Gasteiger partial charge in [0.2, 0.25) is 11.8 Å². The Hall–Kier alpha value is -1.10. The number of nitrogens with one attached hydrogen (secondary N) is 1. The zero-order chi connectivity index (χ0) is 15.8. The van der Waals surface area contributed by atoms with Crippen LogP contribution in [0.2, 0.25) is 0 Å². The third kappa shape index (κ3) is 2.80. The number of rotatable bonds is 2. The summed E-state index contributed by atoms with van der Waals surface area (Å²) >= 11 is 0. The standard InChI is InChI=1S/C16H29N3O2/c1-5-13-14(20)18-8-9-19(13)15(21)11-6-7-12(17)10(2)16(11,3)4/h10-13H,5-9,17H2,1-4H3,(H,18,20). The van der Waals surface area contributed by atoms with Crippen LogP contribution in [0.4, 0.5) is 0 Å². The van der Waals surface area contributed by atoms with Crippen molar-refractivity contribution in [3.05, 3.63) is 0 Å². The number of piperazine rings is 1. The van der Waals surface area contributed by atoms with E-state index in [0.29, 0.717) is 25.4 Å². The van der Waals surface area contributed by atoms with Crippen LogP contribution in [-0.4, -0.2) is 41.9 Å². The highest BCUT2D eigenvalue weighted by Gasteiger charge is 2.47. The van der Waals surface area contributed by atoms with Gasteiger partial charge in [0.1, 0.15) is 6.04 Å². The molecule has 1 heterocycles. The van der Waals surface area contributed by atoms with E-state index in [1.807, 2.05) is 6.92 Å². The largest absolute Gasteiger partial charge is 0.353 e. The van der Waals surface area contributed by atoms with Crippen molar-refractivity contribution in [3.63, 3.8) is 0 Å². The molecule has 2 amide bonds. The van der Waals surface area contributed by atoms with E-state index < -0.39 is 0 Å². The summed E-state index contributed by atoms with van der Waals surface area (Å²) in [5, 5.41) is 2.85. The average Bonchev–Trinajstić information content (AvgIpc) is 2.44. The van der Waals surface area contributed by atoms with E-state index in [2.05, 4.69) is 26.1 Å². The first-order valence-corrected chi connectivity index (χ1v) is 8.14. The van der Waals surface area contributed by atoms with Crippen LogP contribution in [0.25, 0.3) is 0 Å². The van der Waals surface area contributed by atoms with Crippen molar-refractivity contribution < 1.29 is 9.59 Å². The number of hydrogen-bond acceptors (Lipinski definition) is 3. The van der Waals surface area contributed by atoms with Crippen LogP contribution in [0.1, 0.15) is 47.0 Å². The van der Waals surface area contributed by atoms with E-state index in [9.17, 15) is 9.59 Å². The van der Waals surface area contributed by atoms with Gasteiger partial charge in [-0.3, -0.25) is 9.59 Å². The van der Waals surface area contributed by atoms with Crippen molar-refractivity contribution in [3.8, 4) is 0 Å². The molecule has 120 valence electrons. The minimum atomic E-state index is -0.312. The SMILES string of the molecule is CCC1C(=O)NCCN1C(=O)C1CCC(N)C(C)C1(C)C. The number of nitrogens with two attached hydrogens (primary N) is 1. The Balaban J connectivity index is 2.20. The van der Waals surface area contributed by atoms with Gasteiger partial charge in [-0.05, 0) is 30.6 Å². The predicted octanol–water partition coefficient (Wildman–Crippen LogP) is 1.12.